The SMILES string of the molecule is CNc1ncnc2c1ccn2C1CC(CCc2ccc3ccc(NC(=O)C(F)(F)F)nc3c2)[C@@H](O)[C@H]1O. The molecule has 2 unspecified atom stereocenters. The lowest BCUT2D eigenvalue weighted by atomic mass is 9.95. The molecule has 9 nitrogen and oxygen atoms in total. The third kappa shape index (κ3) is 4.81. The van der Waals surface area contributed by atoms with Crippen molar-refractivity contribution >= 4 is 39.5 Å². The Morgan fingerprint density at radius 1 is 1.14 bits per heavy atom. The average Bonchev–Trinajstić information content (AvgIpc) is 3.42. The van der Waals surface area contributed by atoms with E-state index >= 15 is 0 Å². The number of carbonyl (C=O) groups is 1. The number of halogens is 3. The Bertz CT molecular complexity index is 1460. The van der Waals surface area contributed by atoms with Gasteiger partial charge in [-0.25, -0.2) is 15.0 Å². The van der Waals surface area contributed by atoms with E-state index in [-0.39, 0.29) is 17.8 Å². The lowest BCUT2D eigenvalue weighted by Gasteiger charge is -2.19. The molecule has 12 heteroatoms. The molecule has 4 atom stereocenters. The molecule has 0 aliphatic heterocycles. The summed E-state index contributed by atoms with van der Waals surface area (Å²) in [5.41, 5.74) is 1.99. The first-order valence-corrected chi connectivity index (χ1v) is 11.8. The number of nitrogens with one attached hydrogen (secondary N) is 2. The van der Waals surface area contributed by atoms with Crippen LogP contribution in [0.2, 0.25) is 0 Å². The number of alkyl halides is 3. The van der Waals surface area contributed by atoms with Crippen LogP contribution < -0.4 is 10.6 Å². The van der Waals surface area contributed by atoms with E-state index < -0.39 is 24.3 Å². The smallest absolute Gasteiger partial charge is 0.390 e. The van der Waals surface area contributed by atoms with Crippen molar-refractivity contribution in [1.29, 1.82) is 0 Å². The minimum Gasteiger partial charge on any atom is -0.390 e. The number of aryl methyl sites for hydroxylation is 1. The first-order chi connectivity index (χ1) is 17.7. The van der Waals surface area contributed by atoms with Crippen LogP contribution in [-0.2, 0) is 11.2 Å². The number of benzene rings is 1. The van der Waals surface area contributed by atoms with Crippen molar-refractivity contribution < 1.29 is 28.2 Å². The van der Waals surface area contributed by atoms with Crippen molar-refractivity contribution in [2.75, 3.05) is 17.7 Å². The van der Waals surface area contributed by atoms with Gasteiger partial charge >= 0.3 is 12.1 Å². The summed E-state index contributed by atoms with van der Waals surface area (Å²) in [5, 5.41) is 27.9. The number of hydrogen-bond donors (Lipinski definition) is 4. The summed E-state index contributed by atoms with van der Waals surface area (Å²) in [6, 6.07) is 9.88. The molecule has 0 saturated heterocycles. The maximum atomic E-state index is 12.6. The molecule has 194 valence electrons. The number of hydrogen-bond acceptors (Lipinski definition) is 7. The zero-order valence-corrected chi connectivity index (χ0v) is 19.8. The van der Waals surface area contributed by atoms with E-state index in [1.165, 1.54) is 12.4 Å². The molecule has 0 spiro atoms. The predicted octanol–water partition coefficient (Wildman–Crippen LogP) is 3.44. The molecule has 1 amide bonds. The molecule has 0 radical (unpaired) electrons. The summed E-state index contributed by atoms with van der Waals surface area (Å²) in [5.74, 6) is -1.76. The van der Waals surface area contributed by atoms with Crippen LogP contribution >= 0.6 is 0 Å². The van der Waals surface area contributed by atoms with Gasteiger partial charge in [-0.1, -0.05) is 12.1 Å². The highest BCUT2D eigenvalue weighted by Gasteiger charge is 2.42. The van der Waals surface area contributed by atoms with Gasteiger partial charge in [0.2, 0.25) is 0 Å². The largest absolute Gasteiger partial charge is 0.471 e. The maximum Gasteiger partial charge on any atom is 0.471 e. The molecule has 0 bridgehead atoms. The van der Waals surface area contributed by atoms with Crippen LogP contribution in [0.3, 0.4) is 0 Å². The van der Waals surface area contributed by atoms with E-state index in [1.54, 1.807) is 30.6 Å². The Kier molecular flexibility index (Phi) is 6.46. The minimum absolute atomic E-state index is 0.177. The molecule has 1 fully saturated rings. The van der Waals surface area contributed by atoms with E-state index in [2.05, 4.69) is 20.3 Å². The van der Waals surface area contributed by atoms with E-state index in [0.29, 0.717) is 41.6 Å². The Morgan fingerprint density at radius 2 is 1.92 bits per heavy atom. The number of rotatable bonds is 6. The summed E-state index contributed by atoms with van der Waals surface area (Å²) in [6.07, 6.45) is -1.90. The molecule has 3 heterocycles. The van der Waals surface area contributed by atoms with Crippen molar-refractivity contribution in [3.8, 4) is 0 Å². The normalized spacial score (nSPS) is 22.0. The Balaban J connectivity index is 1.30. The highest BCUT2D eigenvalue weighted by molar-refractivity contribution is 5.95. The molecule has 1 aromatic carbocycles. The monoisotopic (exact) mass is 514 g/mol. The Morgan fingerprint density at radius 3 is 2.68 bits per heavy atom. The predicted molar refractivity (Wildman–Crippen MR) is 131 cm³/mol. The van der Waals surface area contributed by atoms with E-state index in [9.17, 15) is 28.2 Å². The number of anilines is 2. The lowest BCUT2D eigenvalue weighted by Crippen LogP contribution is -2.30. The van der Waals surface area contributed by atoms with Gasteiger partial charge in [0.1, 0.15) is 29.7 Å². The molecule has 1 saturated carbocycles. The molecule has 1 aliphatic carbocycles. The molecular formula is C25H25F3N6O3. The average molecular weight is 515 g/mol. The van der Waals surface area contributed by atoms with Gasteiger partial charge in [-0.3, -0.25) is 4.79 Å². The molecule has 1 aliphatic rings. The second kappa shape index (κ2) is 9.60. The summed E-state index contributed by atoms with van der Waals surface area (Å²) >= 11 is 0. The highest BCUT2D eigenvalue weighted by atomic mass is 19.4. The number of aromatic nitrogens is 4. The van der Waals surface area contributed by atoms with Crippen LogP contribution in [0.1, 0.15) is 24.4 Å². The Hall–Kier alpha value is -3.77. The minimum atomic E-state index is -5.00. The fourth-order valence-corrected chi connectivity index (χ4v) is 5.03. The van der Waals surface area contributed by atoms with E-state index in [0.717, 1.165) is 10.9 Å². The summed E-state index contributed by atoms with van der Waals surface area (Å²) in [7, 11) is 1.77. The zero-order chi connectivity index (χ0) is 26.3. The molecular weight excluding hydrogens is 489 g/mol. The fourth-order valence-electron chi connectivity index (χ4n) is 5.03. The molecule has 4 aromatic rings. The summed E-state index contributed by atoms with van der Waals surface area (Å²) in [4.78, 5) is 23.9. The van der Waals surface area contributed by atoms with Crippen LogP contribution in [0.4, 0.5) is 24.8 Å². The second-order valence-electron chi connectivity index (χ2n) is 9.19. The van der Waals surface area contributed by atoms with Gasteiger partial charge in [-0.2, -0.15) is 13.2 Å². The molecule has 5 rings (SSSR count). The number of fused-ring (bicyclic) bond motifs is 2. The van der Waals surface area contributed by atoms with Crippen molar-refractivity contribution in [3.05, 3.63) is 54.5 Å². The number of amides is 1. The lowest BCUT2D eigenvalue weighted by molar-refractivity contribution is -0.167. The summed E-state index contributed by atoms with van der Waals surface area (Å²) < 4.78 is 39.6. The topological polar surface area (TPSA) is 125 Å². The maximum absolute atomic E-state index is 12.6. The van der Waals surface area contributed by atoms with Crippen LogP contribution in [0.5, 0.6) is 0 Å². The van der Waals surface area contributed by atoms with Gasteiger partial charge in [0, 0.05) is 18.6 Å². The molecule has 4 N–H and O–H groups in total. The fraction of sp³-hybridized carbons (Fsp3) is 0.360. The van der Waals surface area contributed by atoms with E-state index in [1.807, 2.05) is 22.9 Å². The van der Waals surface area contributed by atoms with Crippen LogP contribution in [0.25, 0.3) is 21.9 Å². The van der Waals surface area contributed by atoms with Gasteiger partial charge in [-0.05, 0) is 55.0 Å². The number of pyridine rings is 1. The number of aliphatic hydroxyl groups excluding tert-OH is 2. The number of carbonyl (C=O) groups excluding carboxylic acids is 1. The second-order valence-corrected chi connectivity index (χ2v) is 9.19. The zero-order valence-electron chi connectivity index (χ0n) is 19.8. The van der Waals surface area contributed by atoms with Gasteiger partial charge in [0.05, 0.1) is 23.0 Å². The van der Waals surface area contributed by atoms with Crippen LogP contribution in [0, 0.1) is 5.92 Å². The third-order valence-electron chi connectivity index (χ3n) is 6.93. The highest BCUT2D eigenvalue weighted by Crippen LogP contribution is 2.40. The van der Waals surface area contributed by atoms with Crippen molar-refractivity contribution in [2.24, 2.45) is 5.92 Å². The van der Waals surface area contributed by atoms with Crippen molar-refractivity contribution in [1.82, 2.24) is 19.5 Å². The summed E-state index contributed by atoms with van der Waals surface area (Å²) in [6.45, 7) is 0. The standard InChI is InChI=1S/C25H25F3N6O3/c1-29-22-16-8-9-34(23(16)31-12-30-22)18-11-15(20(35)21(18)36)5-3-13-2-4-14-6-7-19(32-17(14)10-13)33-24(37)25(26,27)28/h2,4,6-10,12,15,18,20-21,35-36H,3,5,11H2,1H3,(H,29,30,31)(H,32,33,37)/t15?,18?,20-,21+/m1/s1. The molecule has 37 heavy (non-hydrogen) atoms. The van der Waals surface area contributed by atoms with Crippen LogP contribution in [0.15, 0.2) is 48.9 Å². The van der Waals surface area contributed by atoms with Gasteiger partial charge in [0.25, 0.3) is 0 Å². The first-order valence-electron chi connectivity index (χ1n) is 11.8. The van der Waals surface area contributed by atoms with E-state index in [4.69, 9.17) is 0 Å². The number of nitrogens with zero attached hydrogens (tertiary/aromatic N) is 4. The van der Waals surface area contributed by atoms with Gasteiger partial charge in [-0.15, -0.1) is 0 Å². The van der Waals surface area contributed by atoms with Crippen molar-refractivity contribution in [2.45, 2.75) is 43.7 Å². The van der Waals surface area contributed by atoms with Gasteiger partial charge < -0.3 is 25.4 Å². The molecule has 3 aromatic heterocycles. The third-order valence-corrected chi connectivity index (χ3v) is 6.93. The number of aliphatic hydroxyl groups is 2. The quantitative estimate of drug-likeness (QED) is 0.311. The van der Waals surface area contributed by atoms with Crippen LogP contribution in [-0.4, -0.2) is 61.1 Å². The van der Waals surface area contributed by atoms with Crippen molar-refractivity contribution in [3.63, 3.8) is 0 Å². The first kappa shape index (κ1) is 24.9. The Labute approximate surface area is 209 Å². The van der Waals surface area contributed by atoms with Gasteiger partial charge in [0.15, 0.2) is 0 Å².